The van der Waals surface area contributed by atoms with E-state index < -0.39 is 0 Å². The van der Waals surface area contributed by atoms with Crippen LogP contribution in [0.15, 0.2) is 47.6 Å². The van der Waals surface area contributed by atoms with E-state index in [2.05, 4.69) is 58.6 Å². The highest BCUT2D eigenvalue weighted by Crippen LogP contribution is 2.22. The number of halogens is 1. The Morgan fingerprint density at radius 2 is 1.79 bits per heavy atom. The van der Waals surface area contributed by atoms with Gasteiger partial charge in [-0.05, 0) is 61.4 Å². The number of aliphatic imine (C=N–C) groups is 1. The lowest BCUT2D eigenvalue weighted by molar-refractivity contribution is -0.117. The Kier molecular flexibility index (Phi) is 9.98. The van der Waals surface area contributed by atoms with Gasteiger partial charge in [-0.2, -0.15) is 0 Å². The zero-order valence-corrected chi connectivity index (χ0v) is 22.6. The van der Waals surface area contributed by atoms with Gasteiger partial charge in [-0.3, -0.25) is 4.79 Å². The number of nitrogens with zero attached hydrogens (tertiary/aromatic N) is 4. The number of carbonyl (C=O) groups excluding carboxylic acids is 1. The van der Waals surface area contributed by atoms with Gasteiger partial charge in [-0.25, -0.2) is 9.98 Å². The van der Waals surface area contributed by atoms with Gasteiger partial charge in [0.25, 0.3) is 0 Å². The van der Waals surface area contributed by atoms with Crippen LogP contribution in [0.1, 0.15) is 50.7 Å². The number of anilines is 2. The molecule has 2 fully saturated rings. The molecule has 0 radical (unpaired) electrons. The van der Waals surface area contributed by atoms with Gasteiger partial charge in [0.15, 0.2) is 5.96 Å². The van der Waals surface area contributed by atoms with Crippen molar-refractivity contribution in [3.8, 4) is 0 Å². The molecule has 4 rings (SSSR count). The van der Waals surface area contributed by atoms with Crippen molar-refractivity contribution in [2.24, 2.45) is 10.9 Å². The maximum atomic E-state index is 11.9. The molecule has 0 bridgehead atoms. The molecular formula is C26H37IN6O. The van der Waals surface area contributed by atoms with Crippen LogP contribution in [-0.4, -0.2) is 43.0 Å². The Morgan fingerprint density at radius 3 is 2.41 bits per heavy atom. The monoisotopic (exact) mass is 576 g/mol. The van der Waals surface area contributed by atoms with Gasteiger partial charge >= 0.3 is 0 Å². The lowest BCUT2D eigenvalue weighted by Gasteiger charge is -2.31. The molecule has 2 aliphatic rings. The number of carbonyl (C=O) groups is 1. The zero-order chi connectivity index (χ0) is 23.0. The van der Waals surface area contributed by atoms with E-state index in [4.69, 9.17) is 4.99 Å². The van der Waals surface area contributed by atoms with Gasteiger partial charge in [-0.1, -0.05) is 25.1 Å². The number of pyridine rings is 1. The van der Waals surface area contributed by atoms with Crippen molar-refractivity contribution < 1.29 is 4.79 Å². The van der Waals surface area contributed by atoms with E-state index in [9.17, 15) is 4.79 Å². The minimum Gasteiger partial charge on any atom is -0.357 e. The molecule has 184 valence electrons. The molecule has 3 heterocycles. The van der Waals surface area contributed by atoms with E-state index in [0.29, 0.717) is 19.5 Å². The van der Waals surface area contributed by atoms with Crippen LogP contribution in [-0.2, 0) is 17.9 Å². The van der Waals surface area contributed by atoms with Crippen molar-refractivity contribution in [3.63, 3.8) is 0 Å². The summed E-state index contributed by atoms with van der Waals surface area (Å²) in [6.07, 6.45) is 6.02. The van der Waals surface area contributed by atoms with Gasteiger partial charge in [0.2, 0.25) is 5.91 Å². The second kappa shape index (κ2) is 12.9. The minimum absolute atomic E-state index is 0. The number of aromatic nitrogens is 1. The van der Waals surface area contributed by atoms with Crippen LogP contribution in [0.4, 0.5) is 11.5 Å². The Labute approximate surface area is 220 Å². The number of amides is 1. The first-order valence-corrected chi connectivity index (χ1v) is 12.2. The summed E-state index contributed by atoms with van der Waals surface area (Å²) in [4.78, 5) is 25.6. The summed E-state index contributed by atoms with van der Waals surface area (Å²) in [5, 5.41) is 6.71. The summed E-state index contributed by atoms with van der Waals surface area (Å²) < 4.78 is 0. The maximum absolute atomic E-state index is 11.9. The Bertz CT molecular complexity index is 939. The molecule has 1 amide bonds. The highest BCUT2D eigenvalue weighted by molar-refractivity contribution is 14.0. The highest BCUT2D eigenvalue weighted by atomic mass is 127. The van der Waals surface area contributed by atoms with Crippen molar-refractivity contribution in [1.29, 1.82) is 0 Å². The molecule has 0 atom stereocenters. The lowest BCUT2D eigenvalue weighted by Crippen LogP contribution is -2.36. The van der Waals surface area contributed by atoms with Crippen molar-refractivity contribution >= 4 is 47.3 Å². The fraction of sp³-hybridized carbons (Fsp3) is 0.500. The predicted molar refractivity (Wildman–Crippen MR) is 150 cm³/mol. The number of benzene rings is 1. The third kappa shape index (κ3) is 7.07. The number of hydrogen-bond acceptors (Lipinski definition) is 4. The van der Waals surface area contributed by atoms with Gasteiger partial charge < -0.3 is 20.4 Å². The van der Waals surface area contributed by atoms with Crippen molar-refractivity contribution in [2.45, 2.75) is 52.6 Å². The molecule has 0 unspecified atom stereocenters. The number of hydrogen-bond donors (Lipinski definition) is 2. The van der Waals surface area contributed by atoms with Gasteiger partial charge in [0.1, 0.15) is 5.82 Å². The fourth-order valence-corrected chi connectivity index (χ4v) is 4.35. The summed E-state index contributed by atoms with van der Waals surface area (Å²) in [6.45, 7) is 9.45. The summed E-state index contributed by atoms with van der Waals surface area (Å²) in [6, 6.07) is 12.4. The van der Waals surface area contributed by atoms with E-state index in [0.717, 1.165) is 67.1 Å². The molecule has 1 aromatic heterocycles. The maximum Gasteiger partial charge on any atom is 0.227 e. The first-order chi connectivity index (χ1) is 16.1. The first kappa shape index (κ1) is 26.2. The van der Waals surface area contributed by atoms with Crippen molar-refractivity contribution in [1.82, 2.24) is 15.6 Å². The van der Waals surface area contributed by atoms with Crippen molar-refractivity contribution in [3.05, 3.63) is 53.7 Å². The second-order valence-electron chi connectivity index (χ2n) is 9.06. The molecule has 2 saturated heterocycles. The Morgan fingerprint density at radius 1 is 1.06 bits per heavy atom. The summed E-state index contributed by atoms with van der Waals surface area (Å²) in [7, 11) is 0. The molecule has 2 aromatic rings. The first-order valence-electron chi connectivity index (χ1n) is 12.2. The van der Waals surface area contributed by atoms with E-state index in [1.165, 1.54) is 12.8 Å². The van der Waals surface area contributed by atoms with Crippen LogP contribution in [0.3, 0.4) is 0 Å². The zero-order valence-electron chi connectivity index (χ0n) is 20.3. The van der Waals surface area contributed by atoms with Gasteiger partial charge in [-0.15, -0.1) is 24.0 Å². The van der Waals surface area contributed by atoms with E-state index >= 15 is 0 Å². The number of piperidine rings is 1. The summed E-state index contributed by atoms with van der Waals surface area (Å²) >= 11 is 0. The Hall–Kier alpha value is -2.36. The molecule has 34 heavy (non-hydrogen) atoms. The molecule has 7 nitrogen and oxygen atoms in total. The summed E-state index contributed by atoms with van der Waals surface area (Å²) in [5.74, 6) is 2.89. The second-order valence-corrected chi connectivity index (χ2v) is 9.06. The third-order valence-electron chi connectivity index (χ3n) is 6.46. The van der Waals surface area contributed by atoms with Gasteiger partial charge in [0, 0.05) is 51.0 Å². The molecular weight excluding hydrogens is 539 g/mol. The molecule has 0 saturated carbocycles. The van der Waals surface area contributed by atoms with Crippen LogP contribution >= 0.6 is 24.0 Å². The smallest absolute Gasteiger partial charge is 0.227 e. The average Bonchev–Trinajstić information content (AvgIpc) is 3.28. The molecule has 1 aromatic carbocycles. The molecule has 0 spiro atoms. The minimum atomic E-state index is 0. The number of guanidine groups is 1. The van der Waals surface area contributed by atoms with E-state index in [1.54, 1.807) is 0 Å². The fourth-order valence-electron chi connectivity index (χ4n) is 4.35. The van der Waals surface area contributed by atoms with Crippen LogP contribution in [0, 0.1) is 5.92 Å². The van der Waals surface area contributed by atoms with E-state index in [-0.39, 0.29) is 29.9 Å². The van der Waals surface area contributed by atoms with Crippen molar-refractivity contribution in [2.75, 3.05) is 36.0 Å². The average molecular weight is 577 g/mol. The summed E-state index contributed by atoms with van der Waals surface area (Å²) in [5.41, 5.74) is 3.23. The normalized spacial score (nSPS) is 17.0. The van der Waals surface area contributed by atoms with Crippen LogP contribution in [0.2, 0.25) is 0 Å². The predicted octanol–water partition coefficient (Wildman–Crippen LogP) is 4.32. The Balaban J connectivity index is 0.00000324. The topological polar surface area (TPSA) is 72.9 Å². The largest absolute Gasteiger partial charge is 0.357 e. The number of rotatable bonds is 7. The quantitative estimate of drug-likeness (QED) is 0.292. The lowest BCUT2D eigenvalue weighted by atomic mass is 9.99. The molecule has 2 aliphatic heterocycles. The van der Waals surface area contributed by atoms with Crippen LogP contribution < -0.4 is 20.4 Å². The van der Waals surface area contributed by atoms with E-state index in [1.807, 2.05) is 23.2 Å². The highest BCUT2D eigenvalue weighted by Gasteiger charge is 2.21. The standard InChI is InChI=1S/C26H36N6O.HI/c1-3-27-26(29-17-21-6-9-23(10-7-21)32-14-4-5-25(32)33)30-19-22-8-11-24(28-18-22)31-15-12-20(2)13-16-31;/h6-11,18,20H,3-5,12-17,19H2,1-2H3,(H2,27,29,30);1H. The third-order valence-corrected chi connectivity index (χ3v) is 6.46. The molecule has 8 heteroatoms. The van der Waals surface area contributed by atoms with Crippen LogP contribution in [0.5, 0.6) is 0 Å². The SMILES string of the molecule is CCNC(=NCc1ccc(N2CCC(C)CC2)nc1)NCc1ccc(N2CCCC2=O)cc1.I. The number of nitrogens with one attached hydrogen (secondary N) is 2. The molecule has 2 N–H and O–H groups in total. The van der Waals surface area contributed by atoms with Crippen LogP contribution in [0.25, 0.3) is 0 Å². The molecule has 0 aliphatic carbocycles. The van der Waals surface area contributed by atoms with Gasteiger partial charge in [0.05, 0.1) is 6.54 Å².